The molecule has 0 fully saturated rings. The molecule has 1 aliphatic carbocycles. The maximum atomic E-state index is 6.37. The summed E-state index contributed by atoms with van der Waals surface area (Å²) >= 11 is 0. The van der Waals surface area contributed by atoms with Crippen LogP contribution >= 0.6 is 0 Å². The molecular formula is C33H35NO4. The molecule has 3 heterocycles. The minimum Gasteiger partial charge on any atom is -0.498 e. The molecule has 3 aliphatic heterocycles. The molecule has 0 spiro atoms. The minimum absolute atomic E-state index is 0.255. The zero-order valence-electron chi connectivity index (χ0n) is 22.6. The lowest BCUT2D eigenvalue weighted by atomic mass is 9.79. The summed E-state index contributed by atoms with van der Waals surface area (Å²) in [6, 6.07) is 13.4. The number of methoxy groups -OCH3 is 1. The number of fused-ring (bicyclic) bond motifs is 5. The van der Waals surface area contributed by atoms with Crippen molar-refractivity contribution < 1.29 is 18.9 Å². The summed E-state index contributed by atoms with van der Waals surface area (Å²) in [6.07, 6.45) is 12.1. The summed E-state index contributed by atoms with van der Waals surface area (Å²) in [5.41, 5.74) is 10.1. The highest BCUT2D eigenvalue weighted by Crippen LogP contribution is 2.47. The van der Waals surface area contributed by atoms with Gasteiger partial charge in [0.05, 0.1) is 19.4 Å². The van der Waals surface area contributed by atoms with E-state index in [-0.39, 0.29) is 12.9 Å². The normalized spacial score (nSPS) is 19.7. The first-order valence-corrected chi connectivity index (χ1v) is 13.5. The topological polar surface area (TPSA) is 40.2 Å². The highest BCUT2D eigenvalue weighted by molar-refractivity contribution is 5.82. The van der Waals surface area contributed by atoms with E-state index in [1.165, 1.54) is 39.1 Å². The van der Waals surface area contributed by atoms with Gasteiger partial charge in [0, 0.05) is 30.3 Å². The van der Waals surface area contributed by atoms with Gasteiger partial charge in [-0.2, -0.15) is 0 Å². The van der Waals surface area contributed by atoms with Gasteiger partial charge >= 0.3 is 0 Å². The molecule has 0 N–H and O–H groups in total. The molecule has 0 aromatic heterocycles. The van der Waals surface area contributed by atoms with Crippen LogP contribution in [0.3, 0.4) is 0 Å². The lowest BCUT2D eigenvalue weighted by molar-refractivity contribution is 0.0786. The second-order valence-corrected chi connectivity index (χ2v) is 10.4. The predicted octanol–water partition coefficient (Wildman–Crippen LogP) is 6.68. The zero-order valence-corrected chi connectivity index (χ0v) is 22.6. The first-order valence-electron chi connectivity index (χ1n) is 13.5. The second-order valence-electron chi connectivity index (χ2n) is 10.4. The number of benzene rings is 2. The molecule has 0 bridgehead atoms. The van der Waals surface area contributed by atoms with Crippen LogP contribution in [0.5, 0.6) is 11.5 Å². The molecular weight excluding hydrogens is 474 g/mol. The Bertz CT molecular complexity index is 1390. The van der Waals surface area contributed by atoms with Crippen molar-refractivity contribution in [3.05, 3.63) is 112 Å². The molecule has 1 atom stereocenters. The van der Waals surface area contributed by atoms with Crippen molar-refractivity contribution in [1.82, 2.24) is 4.90 Å². The molecule has 38 heavy (non-hydrogen) atoms. The molecule has 2 aromatic carbocycles. The Kier molecular flexibility index (Phi) is 6.62. The summed E-state index contributed by atoms with van der Waals surface area (Å²) < 4.78 is 23.6. The molecule has 2 aromatic rings. The van der Waals surface area contributed by atoms with E-state index in [1.54, 1.807) is 7.11 Å². The minimum atomic E-state index is -0.255. The molecule has 4 aliphatic rings. The van der Waals surface area contributed by atoms with E-state index in [9.17, 15) is 0 Å². The number of hydrogen-bond donors (Lipinski definition) is 0. The molecule has 1 unspecified atom stereocenters. The lowest BCUT2D eigenvalue weighted by Crippen LogP contribution is -2.34. The number of ether oxygens (including phenoxy) is 4. The van der Waals surface area contributed by atoms with E-state index in [0.29, 0.717) is 12.5 Å². The third-order valence-electron chi connectivity index (χ3n) is 7.79. The van der Waals surface area contributed by atoms with Gasteiger partial charge in [0.1, 0.15) is 11.9 Å². The van der Waals surface area contributed by atoms with Crippen molar-refractivity contribution in [2.24, 2.45) is 0 Å². The zero-order chi connectivity index (χ0) is 26.2. The Labute approximate surface area is 225 Å². The van der Waals surface area contributed by atoms with E-state index in [1.807, 2.05) is 19.1 Å². The first kappa shape index (κ1) is 24.6. The molecule has 0 saturated carbocycles. The standard InChI is InChI=1S/C33H35NO4/c1-5-6-15-36-33-28-19-34-14-13-24-17-30-31(38-20-37-30)18-26(24)32(34)27(25(28)11-12-29(33)35-4)16-22-7-9-23(10-8-22)21(2)3/h5-12,17-19,21,33H,13-16,20H2,1-4H3/b6-5+. The van der Waals surface area contributed by atoms with Crippen molar-refractivity contribution in [2.45, 2.75) is 45.6 Å². The summed E-state index contributed by atoms with van der Waals surface area (Å²) in [5, 5.41) is 0. The van der Waals surface area contributed by atoms with Gasteiger partial charge in [0.25, 0.3) is 0 Å². The van der Waals surface area contributed by atoms with Crippen molar-refractivity contribution in [2.75, 3.05) is 27.1 Å². The average molecular weight is 510 g/mol. The van der Waals surface area contributed by atoms with E-state index in [2.05, 4.69) is 73.5 Å². The van der Waals surface area contributed by atoms with Crippen LogP contribution < -0.4 is 9.47 Å². The van der Waals surface area contributed by atoms with Crippen molar-refractivity contribution in [1.29, 1.82) is 0 Å². The second kappa shape index (κ2) is 10.2. The smallest absolute Gasteiger partial charge is 0.231 e. The lowest BCUT2D eigenvalue weighted by Gasteiger charge is -2.40. The van der Waals surface area contributed by atoms with Gasteiger partial charge in [-0.15, -0.1) is 0 Å². The van der Waals surface area contributed by atoms with Crippen LogP contribution in [-0.2, 0) is 22.3 Å². The van der Waals surface area contributed by atoms with Crippen molar-refractivity contribution in [3.8, 4) is 11.5 Å². The van der Waals surface area contributed by atoms with Gasteiger partial charge in [0.15, 0.2) is 11.5 Å². The Morgan fingerprint density at radius 3 is 2.61 bits per heavy atom. The van der Waals surface area contributed by atoms with E-state index in [0.717, 1.165) is 42.2 Å². The molecule has 196 valence electrons. The third-order valence-corrected chi connectivity index (χ3v) is 7.79. The Morgan fingerprint density at radius 2 is 1.87 bits per heavy atom. The van der Waals surface area contributed by atoms with Crippen LogP contribution in [0.2, 0.25) is 0 Å². The van der Waals surface area contributed by atoms with Gasteiger partial charge < -0.3 is 23.8 Å². The highest BCUT2D eigenvalue weighted by Gasteiger charge is 2.37. The van der Waals surface area contributed by atoms with Gasteiger partial charge in [-0.3, -0.25) is 0 Å². The third kappa shape index (κ3) is 4.35. The van der Waals surface area contributed by atoms with Crippen molar-refractivity contribution >= 4 is 5.70 Å². The Morgan fingerprint density at radius 1 is 1.08 bits per heavy atom. The summed E-state index contributed by atoms with van der Waals surface area (Å²) in [5.74, 6) is 3.00. The fourth-order valence-electron chi connectivity index (χ4n) is 5.73. The predicted molar refractivity (Wildman–Crippen MR) is 150 cm³/mol. The molecule has 0 radical (unpaired) electrons. The summed E-state index contributed by atoms with van der Waals surface area (Å²) in [4.78, 5) is 2.40. The Balaban J connectivity index is 1.49. The van der Waals surface area contributed by atoms with E-state index >= 15 is 0 Å². The first-order chi connectivity index (χ1) is 18.6. The monoisotopic (exact) mass is 509 g/mol. The van der Waals surface area contributed by atoms with E-state index in [4.69, 9.17) is 18.9 Å². The van der Waals surface area contributed by atoms with Crippen LogP contribution in [-0.4, -0.2) is 38.1 Å². The van der Waals surface area contributed by atoms with Crippen LogP contribution in [0, 0.1) is 0 Å². The molecule has 0 amide bonds. The Hall–Kier alpha value is -3.70. The van der Waals surface area contributed by atoms with Gasteiger partial charge in [-0.25, -0.2) is 0 Å². The molecule has 6 rings (SSSR count). The summed E-state index contributed by atoms with van der Waals surface area (Å²) in [7, 11) is 1.72. The quantitative estimate of drug-likeness (QED) is 0.390. The van der Waals surface area contributed by atoms with Gasteiger partial charge in [0.2, 0.25) is 6.79 Å². The maximum absolute atomic E-state index is 6.37. The van der Waals surface area contributed by atoms with Gasteiger partial charge in [-0.05, 0) is 65.3 Å². The van der Waals surface area contributed by atoms with E-state index < -0.39 is 0 Å². The maximum Gasteiger partial charge on any atom is 0.231 e. The SMILES string of the molecule is C/C=C/COC1C(OC)=CC=C2C1=CN1CCc3cc4c(cc3C1=C2Cc1ccc(C(C)C)cc1)OCO4. The van der Waals surface area contributed by atoms with Crippen LogP contribution in [0.4, 0.5) is 0 Å². The highest BCUT2D eigenvalue weighted by atomic mass is 16.7. The summed E-state index contributed by atoms with van der Waals surface area (Å²) in [6.45, 7) is 8.18. The van der Waals surface area contributed by atoms with Crippen LogP contribution in [0.1, 0.15) is 48.9 Å². The molecule has 0 saturated heterocycles. The molecule has 5 heteroatoms. The number of rotatable bonds is 7. The number of nitrogens with zero attached hydrogens (tertiary/aromatic N) is 1. The van der Waals surface area contributed by atoms with Crippen LogP contribution in [0.15, 0.2) is 89.4 Å². The van der Waals surface area contributed by atoms with Gasteiger partial charge in [-0.1, -0.05) is 56.3 Å². The molecule has 5 nitrogen and oxygen atoms in total. The fraction of sp³-hybridized carbons (Fsp3) is 0.333. The van der Waals surface area contributed by atoms with Crippen LogP contribution in [0.25, 0.3) is 5.70 Å². The number of hydrogen-bond acceptors (Lipinski definition) is 5. The number of allylic oxidation sites excluding steroid dienone is 4. The van der Waals surface area contributed by atoms with Crippen molar-refractivity contribution in [3.63, 3.8) is 0 Å². The average Bonchev–Trinajstić information content (AvgIpc) is 3.39. The largest absolute Gasteiger partial charge is 0.498 e. The fourth-order valence-corrected chi connectivity index (χ4v) is 5.73.